The SMILES string of the molecule is CS(=O)(=O)C1(C(=O)N2CCc3c(cnn3-c3ccccc3)C2)CCNCC1. The molecule has 8 heteroatoms. The number of aromatic nitrogens is 2. The number of fused-ring (bicyclic) bond motifs is 1. The Kier molecular flexibility index (Phi) is 4.55. The number of carbonyl (C=O) groups is 1. The van der Waals surface area contributed by atoms with Gasteiger partial charge in [0.2, 0.25) is 5.91 Å². The van der Waals surface area contributed by atoms with Gasteiger partial charge in [0.1, 0.15) is 0 Å². The lowest BCUT2D eigenvalue weighted by atomic mass is 9.94. The molecule has 0 bridgehead atoms. The van der Waals surface area contributed by atoms with Crippen LogP contribution in [0.4, 0.5) is 0 Å². The van der Waals surface area contributed by atoms with E-state index in [0.29, 0.717) is 45.4 Å². The Bertz CT molecular complexity index is 947. The second-order valence-electron chi connectivity index (χ2n) is 7.36. The van der Waals surface area contributed by atoms with Crippen LogP contribution in [-0.2, 0) is 27.6 Å². The number of hydrogen-bond donors (Lipinski definition) is 1. The first kappa shape index (κ1) is 18.2. The van der Waals surface area contributed by atoms with Crippen molar-refractivity contribution >= 4 is 15.7 Å². The smallest absolute Gasteiger partial charge is 0.244 e. The maximum absolute atomic E-state index is 13.3. The molecule has 3 heterocycles. The van der Waals surface area contributed by atoms with Crippen LogP contribution in [0.15, 0.2) is 36.5 Å². The summed E-state index contributed by atoms with van der Waals surface area (Å²) in [4.78, 5) is 15.0. The molecule has 0 aliphatic carbocycles. The van der Waals surface area contributed by atoms with Gasteiger partial charge in [0, 0.05) is 31.3 Å². The lowest BCUT2D eigenvalue weighted by Gasteiger charge is -2.39. The summed E-state index contributed by atoms with van der Waals surface area (Å²) in [7, 11) is -3.50. The number of benzene rings is 1. The molecule has 27 heavy (non-hydrogen) atoms. The van der Waals surface area contributed by atoms with Gasteiger partial charge in [0.25, 0.3) is 0 Å². The summed E-state index contributed by atoms with van der Waals surface area (Å²) in [6, 6.07) is 9.89. The van der Waals surface area contributed by atoms with Crippen molar-refractivity contribution in [3.05, 3.63) is 47.8 Å². The Morgan fingerprint density at radius 3 is 2.56 bits per heavy atom. The van der Waals surface area contributed by atoms with Crippen molar-refractivity contribution in [2.24, 2.45) is 0 Å². The second kappa shape index (κ2) is 6.76. The molecule has 0 saturated carbocycles. The summed E-state index contributed by atoms with van der Waals surface area (Å²) in [5, 5.41) is 7.65. The Balaban J connectivity index is 1.61. The molecule has 2 aliphatic rings. The molecule has 0 atom stereocenters. The van der Waals surface area contributed by atoms with Gasteiger partial charge in [0.15, 0.2) is 14.6 Å². The Morgan fingerprint density at radius 2 is 1.89 bits per heavy atom. The van der Waals surface area contributed by atoms with Gasteiger partial charge in [-0.05, 0) is 38.1 Å². The molecule has 1 aromatic carbocycles. The lowest BCUT2D eigenvalue weighted by Crippen LogP contribution is -2.58. The Hall–Kier alpha value is -2.19. The minimum absolute atomic E-state index is 0.260. The van der Waals surface area contributed by atoms with E-state index in [1.54, 1.807) is 11.1 Å². The third-order valence-electron chi connectivity index (χ3n) is 5.73. The molecule has 0 unspecified atom stereocenters. The van der Waals surface area contributed by atoms with Gasteiger partial charge >= 0.3 is 0 Å². The Labute approximate surface area is 159 Å². The minimum atomic E-state index is -3.50. The summed E-state index contributed by atoms with van der Waals surface area (Å²) < 4.78 is 25.7. The fourth-order valence-corrected chi connectivity index (χ4v) is 5.55. The highest BCUT2D eigenvalue weighted by atomic mass is 32.2. The summed E-state index contributed by atoms with van der Waals surface area (Å²) in [5.74, 6) is -0.260. The second-order valence-corrected chi connectivity index (χ2v) is 9.68. The normalized spacial score (nSPS) is 19.5. The molecule has 2 aliphatic heterocycles. The maximum Gasteiger partial charge on any atom is 0.244 e. The highest BCUT2D eigenvalue weighted by molar-refractivity contribution is 7.92. The number of hydrogen-bond acceptors (Lipinski definition) is 5. The molecule has 1 saturated heterocycles. The first-order valence-corrected chi connectivity index (χ1v) is 11.1. The zero-order chi connectivity index (χ0) is 19.1. The highest BCUT2D eigenvalue weighted by Crippen LogP contribution is 2.32. The molecule has 1 amide bonds. The number of carbonyl (C=O) groups excluding carboxylic acids is 1. The van der Waals surface area contributed by atoms with Crippen LogP contribution in [-0.4, -0.2) is 59.6 Å². The monoisotopic (exact) mass is 388 g/mol. The fraction of sp³-hybridized carbons (Fsp3) is 0.474. The van der Waals surface area contributed by atoms with Crippen LogP contribution in [0.3, 0.4) is 0 Å². The van der Waals surface area contributed by atoms with E-state index >= 15 is 0 Å². The highest BCUT2D eigenvalue weighted by Gasteiger charge is 2.50. The van der Waals surface area contributed by atoms with Crippen LogP contribution >= 0.6 is 0 Å². The molecule has 144 valence electrons. The van der Waals surface area contributed by atoms with Gasteiger partial charge in [0.05, 0.1) is 17.6 Å². The van der Waals surface area contributed by atoms with Gasteiger partial charge in [-0.3, -0.25) is 4.79 Å². The molecule has 1 fully saturated rings. The van der Waals surface area contributed by atoms with Crippen molar-refractivity contribution in [2.45, 2.75) is 30.6 Å². The topological polar surface area (TPSA) is 84.3 Å². The maximum atomic E-state index is 13.3. The summed E-state index contributed by atoms with van der Waals surface area (Å²) in [6.07, 6.45) is 4.30. The molecule has 0 radical (unpaired) electrons. The predicted octanol–water partition coefficient (Wildman–Crippen LogP) is 0.924. The zero-order valence-corrected chi connectivity index (χ0v) is 16.2. The lowest BCUT2D eigenvalue weighted by molar-refractivity contribution is -0.135. The fourth-order valence-electron chi connectivity index (χ4n) is 4.16. The van der Waals surface area contributed by atoms with E-state index in [4.69, 9.17) is 0 Å². The van der Waals surface area contributed by atoms with E-state index in [1.165, 1.54) is 6.26 Å². The van der Waals surface area contributed by atoms with Crippen molar-refractivity contribution < 1.29 is 13.2 Å². The van der Waals surface area contributed by atoms with Crippen LogP contribution in [0.1, 0.15) is 24.1 Å². The molecular formula is C19H24N4O3S. The molecule has 7 nitrogen and oxygen atoms in total. The number of piperidine rings is 1. The molecular weight excluding hydrogens is 364 g/mol. The molecule has 4 rings (SSSR count). The average Bonchev–Trinajstić information content (AvgIpc) is 3.11. The molecule has 1 aromatic heterocycles. The molecule has 2 aromatic rings. The van der Waals surface area contributed by atoms with Gasteiger partial charge in [-0.25, -0.2) is 13.1 Å². The Morgan fingerprint density at radius 1 is 1.19 bits per heavy atom. The third-order valence-corrected chi connectivity index (χ3v) is 7.74. The van der Waals surface area contributed by atoms with E-state index in [2.05, 4.69) is 10.4 Å². The van der Waals surface area contributed by atoms with Crippen molar-refractivity contribution in [2.75, 3.05) is 25.9 Å². The van der Waals surface area contributed by atoms with Gasteiger partial charge < -0.3 is 10.2 Å². The summed E-state index contributed by atoms with van der Waals surface area (Å²) in [6.45, 7) is 2.01. The van der Waals surface area contributed by atoms with E-state index in [9.17, 15) is 13.2 Å². The van der Waals surface area contributed by atoms with Gasteiger partial charge in [-0.1, -0.05) is 18.2 Å². The molecule has 1 N–H and O–H groups in total. The largest absolute Gasteiger partial charge is 0.336 e. The predicted molar refractivity (Wildman–Crippen MR) is 102 cm³/mol. The van der Waals surface area contributed by atoms with Crippen molar-refractivity contribution in [1.82, 2.24) is 20.0 Å². The van der Waals surface area contributed by atoms with Crippen LogP contribution in [0.2, 0.25) is 0 Å². The number of amides is 1. The number of nitrogens with one attached hydrogen (secondary N) is 1. The number of nitrogens with zero attached hydrogens (tertiary/aromatic N) is 3. The van der Waals surface area contributed by atoms with E-state index in [0.717, 1.165) is 16.9 Å². The molecule has 0 spiro atoms. The van der Waals surface area contributed by atoms with Crippen LogP contribution in [0.25, 0.3) is 5.69 Å². The number of rotatable bonds is 3. The first-order valence-electron chi connectivity index (χ1n) is 9.23. The van der Waals surface area contributed by atoms with E-state index in [1.807, 2.05) is 35.0 Å². The minimum Gasteiger partial charge on any atom is -0.336 e. The average molecular weight is 388 g/mol. The third kappa shape index (κ3) is 3.06. The van der Waals surface area contributed by atoms with Gasteiger partial charge in [-0.15, -0.1) is 0 Å². The quantitative estimate of drug-likeness (QED) is 0.845. The van der Waals surface area contributed by atoms with Crippen LogP contribution < -0.4 is 5.32 Å². The number of para-hydroxylation sites is 1. The van der Waals surface area contributed by atoms with Crippen LogP contribution in [0.5, 0.6) is 0 Å². The van der Waals surface area contributed by atoms with E-state index in [-0.39, 0.29) is 5.91 Å². The summed E-state index contributed by atoms with van der Waals surface area (Å²) in [5.41, 5.74) is 3.06. The van der Waals surface area contributed by atoms with Crippen molar-refractivity contribution in [1.29, 1.82) is 0 Å². The zero-order valence-electron chi connectivity index (χ0n) is 15.4. The number of sulfone groups is 1. The van der Waals surface area contributed by atoms with E-state index < -0.39 is 14.6 Å². The first-order chi connectivity index (χ1) is 12.9. The standard InChI is InChI=1S/C19H24N4O3S/c1-27(25,26)19(8-10-20-11-9-19)18(24)22-12-7-17-15(14-22)13-21-23(17)16-5-3-2-4-6-16/h2-6,13,20H,7-12,14H2,1H3. The van der Waals surface area contributed by atoms with Crippen molar-refractivity contribution in [3.8, 4) is 5.69 Å². The van der Waals surface area contributed by atoms with Gasteiger partial charge in [-0.2, -0.15) is 5.10 Å². The summed E-state index contributed by atoms with van der Waals surface area (Å²) >= 11 is 0. The van der Waals surface area contributed by atoms with Crippen molar-refractivity contribution in [3.63, 3.8) is 0 Å². The van der Waals surface area contributed by atoms with Crippen LogP contribution in [0, 0.1) is 0 Å².